The summed E-state index contributed by atoms with van der Waals surface area (Å²) in [6, 6.07) is 28.2. The van der Waals surface area contributed by atoms with Gasteiger partial charge in [0.05, 0.1) is 12.0 Å². The van der Waals surface area contributed by atoms with Crippen LogP contribution in [0.3, 0.4) is 0 Å². The lowest BCUT2D eigenvalue weighted by Crippen LogP contribution is -2.47. The fourth-order valence-electron chi connectivity index (χ4n) is 3.78. The molecule has 0 bridgehead atoms. The molecule has 0 saturated heterocycles. The highest BCUT2D eigenvalue weighted by molar-refractivity contribution is 7.89. The van der Waals surface area contributed by atoms with Crippen LogP contribution in [0.1, 0.15) is 11.1 Å². The average Bonchev–Trinajstić information content (AvgIpc) is 2.87. The van der Waals surface area contributed by atoms with Crippen molar-refractivity contribution in [1.82, 2.24) is 10.0 Å². The van der Waals surface area contributed by atoms with E-state index in [9.17, 15) is 13.2 Å². The zero-order valence-electron chi connectivity index (χ0n) is 18.8. The third-order valence-corrected chi connectivity index (χ3v) is 7.04. The van der Waals surface area contributed by atoms with Crippen molar-refractivity contribution in [3.63, 3.8) is 0 Å². The van der Waals surface area contributed by atoms with Crippen LogP contribution in [0.5, 0.6) is 5.75 Å². The molecule has 0 unspecified atom stereocenters. The predicted molar refractivity (Wildman–Crippen MR) is 133 cm³/mol. The number of carbonyl (C=O) groups excluding carboxylic acids is 1. The van der Waals surface area contributed by atoms with Gasteiger partial charge >= 0.3 is 0 Å². The van der Waals surface area contributed by atoms with E-state index in [1.54, 1.807) is 25.3 Å². The average molecular weight is 475 g/mol. The van der Waals surface area contributed by atoms with Crippen LogP contribution < -0.4 is 14.8 Å². The SMILES string of the molecule is COc1ccccc1CNC(=O)[C@H](Cc1ccccc1)NS(=O)(=O)c1ccc2ccccc2c1. The Morgan fingerprint density at radius 1 is 0.853 bits per heavy atom. The lowest BCUT2D eigenvalue weighted by molar-refractivity contribution is -0.122. The van der Waals surface area contributed by atoms with Crippen molar-refractivity contribution in [3.05, 3.63) is 108 Å². The number of nitrogens with one attached hydrogen (secondary N) is 2. The van der Waals surface area contributed by atoms with E-state index in [4.69, 9.17) is 4.74 Å². The van der Waals surface area contributed by atoms with Gasteiger partial charge in [-0.15, -0.1) is 0 Å². The van der Waals surface area contributed by atoms with Gasteiger partial charge in [0.15, 0.2) is 0 Å². The minimum Gasteiger partial charge on any atom is -0.496 e. The van der Waals surface area contributed by atoms with Gasteiger partial charge in [-0.2, -0.15) is 4.72 Å². The number of para-hydroxylation sites is 1. The number of fused-ring (bicyclic) bond motifs is 1. The second kappa shape index (κ2) is 10.5. The monoisotopic (exact) mass is 474 g/mol. The Bertz CT molecular complexity index is 1390. The molecule has 0 aromatic heterocycles. The first-order valence-electron chi connectivity index (χ1n) is 10.9. The molecule has 0 aliphatic carbocycles. The molecule has 4 aromatic carbocycles. The number of methoxy groups -OCH3 is 1. The Hall–Kier alpha value is -3.68. The number of benzene rings is 4. The number of rotatable bonds is 9. The Kier molecular flexibility index (Phi) is 7.25. The minimum absolute atomic E-state index is 0.113. The molecule has 0 saturated carbocycles. The molecule has 0 heterocycles. The Labute approximate surface area is 199 Å². The smallest absolute Gasteiger partial charge is 0.241 e. The molecule has 4 aromatic rings. The first-order valence-corrected chi connectivity index (χ1v) is 12.4. The van der Waals surface area contributed by atoms with Crippen molar-refractivity contribution < 1.29 is 17.9 Å². The van der Waals surface area contributed by atoms with Gasteiger partial charge in [-0.05, 0) is 41.0 Å². The summed E-state index contributed by atoms with van der Waals surface area (Å²) in [6.45, 7) is 0.214. The molecular weight excluding hydrogens is 448 g/mol. The van der Waals surface area contributed by atoms with Crippen molar-refractivity contribution >= 4 is 26.7 Å². The summed E-state index contributed by atoms with van der Waals surface area (Å²) in [7, 11) is -2.38. The summed E-state index contributed by atoms with van der Waals surface area (Å²) in [5.41, 5.74) is 1.65. The van der Waals surface area contributed by atoms with E-state index in [1.807, 2.05) is 78.9 Å². The summed E-state index contributed by atoms with van der Waals surface area (Å²) in [5.74, 6) is 0.235. The zero-order valence-corrected chi connectivity index (χ0v) is 19.6. The van der Waals surface area contributed by atoms with Gasteiger partial charge in [0, 0.05) is 12.1 Å². The minimum atomic E-state index is -3.95. The Morgan fingerprint density at radius 3 is 2.29 bits per heavy atom. The molecule has 0 aliphatic heterocycles. The molecule has 0 radical (unpaired) electrons. The molecule has 1 amide bonds. The molecule has 2 N–H and O–H groups in total. The van der Waals surface area contributed by atoms with Crippen molar-refractivity contribution in [2.45, 2.75) is 23.9 Å². The van der Waals surface area contributed by atoms with E-state index in [0.29, 0.717) is 5.75 Å². The van der Waals surface area contributed by atoms with Crippen LogP contribution in [0.2, 0.25) is 0 Å². The van der Waals surface area contributed by atoms with E-state index in [2.05, 4.69) is 10.0 Å². The molecule has 4 rings (SSSR count). The van der Waals surface area contributed by atoms with Crippen molar-refractivity contribution in [2.75, 3.05) is 7.11 Å². The van der Waals surface area contributed by atoms with Gasteiger partial charge in [-0.3, -0.25) is 4.79 Å². The molecule has 7 heteroatoms. The fraction of sp³-hybridized carbons (Fsp3) is 0.148. The largest absolute Gasteiger partial charge is 0.496 e. The highest BCUT2D eigenvalue weighted by Crippen LogP contribution is 2.20. The van der Waals surface area contributed by atoms with Crippen LogP contribution in [0.15, 0.2) is 102 Å². The lowest BCUT2D eigenvalue weighted by Gasteiger charge is -2.19. The summed E-state index contributed by atoms with van der Waals surface area (Å²) in [5, 5.41) is 4.60. The molecule has 34 heavy (non-hydrogen) atoms. The summed E-state index contributed by atoms with van der Waals surface area (Å²) < 4.78 is 34.4. The van der Waals surface area contributed by atoms with Crippen LogP contribution in [0.25, 0.3) is 10.8 Å². The summed E-state index contributed by atoms with van der Waals surface area (Å²) in [4.78, 5) is 13.3. The van der Waals surface area contributed by atoms with Crippen molar-refractivity contribution in [3.8, 4) is 5.75 Å². The maximum atomic E-state index is 13.2. The maximum absolute atomic E-state index is 13.2. The maximum Gasteiger partial charge on any atom is 0.241 e. The third kappa shape index (κ3) is 5.62. The number of hydrogen-bond acceptors (Lipinski definition) is 4. The normalized spacial score (nSPS) is 12.3. The topological polar surface area (TPSA) is 84.5 Å². The molecule has 1 atom stereocenters. The van der Waals surface area contributed by atoms with Gasteiger partial charge in [-0.1, -0.05) is 78.9 Å². The van der Waals surface area contributed by atoms with Crippen molar-refractivity contribution in [1.29, 1.82) is 0 Å². The fourth-order valence-corrected chi connectivity index (χ4v) is 5.01. The predicted octanol–water partition coefficient (Wildman–Crippen LogP) is 4.05. The van der Waals surface area contributed by atoms with Gasteiger partial charge in [0.25, 0.3) is 0 Å². The second-order valence-corrected chi connectivity index (χ2v) is 9.62. The van der Waals surface area contributed by atoms with Crippen molar-refractivity contribution in [2.24, 2.45) is 0 Å². The molecule has 0 aliphatic rings. The molecule has 0 fully saturated rings. The Balaban J connectivity index is 1.57. The third-order valence-electron chi connectivity index (χ3n) is 5.57. The van der Waals surface area contributed by atoms with Crippen LogP contribution in [0, 0.1) is 0 Å². The molecule has 6 nitrogen and oxygen atoms in total. The van der Waals surface area contributed by atoms with E-state index in [0.717, 1.165) is 21.9 Å². The summed E-state index contributed by atoms with van der Waals surface area (Å²) in [6.07, 6.45) is 0.214. The van der Waals surface area contributed by atoms with E-state index >= 15 is 0 Å². The van der Waals surface area contributed by atoms with Crippen LogP contribution in [0.4, 0.5) is 0 Å². The molecular formula is C27H26N2O4S. The number of amides is 1. The number of hydrogen-bond donors (Lipinski definition) is 2. The van der Waals surface area contributed by atoms with Crippen LogP contribution in [-0.2, 0) is 27.8 Å². The highest BCUT2D eigenvalue weighted by Gasteiger charge is 2.26. The van der Waals surface area contributed by atoms with Gasteiger partial charge < -0.3 is 10.1 Å². The summed E-state index contributed by atoms with van der Waals surface area (Å²) >= 11 is 0. The number of sulfonamides is 1. The first-order chi connectivity index (χ1) is 16.5. The standard InChI is InChI=1S/C27H26N2O4S/c1-33-26-14-8-7-13-23(26)19-28-27(30)25(17-20-9-3-2-4-10-20)29-34(31,32)24-16-15-21-11-5-6-12-22(21)18-24/h2-16,18,25,29H,17,19H2,1H3,(H,28,30)/t25-/m0/s1. The van der Waals surface area contributed by atoms with E-state index in [1.165, 1.54) is 0 Å². The second-order valence-electron chi connectivity index (χ2n) is 7.90. The first kappa shape index (κ1) is 23.5. The van der Waals surface area contributed by atoms with E-state index in [-0.39, 0.29) is 17.9 Å². The zero-order chi connectivity index (χ0) is 24.0. The Morgan fingerprint density at radius 2 is 1.53 bits per heavy atom. The van der Waals surface area contributed by atoms with Gasteiger partial charge in [-0.25, -0.2) is 8.42 Å². The van der Waals surface area contributed by atoms with Gasteiger partial charge in [0.2, 0.25) is 15.9 Å². The van der Waals surface area contributed by atoms with E-state index < -0.39 is 22.0 Å². The quantitative estimate of drug-likeness (QED) is 0.383. The number of carbonyl (C=O) groups is 1. The molecule has 0 spiro atoms. The van der Waals surface area contributed by atoms with Crippen LogP contribution >= 0.6 is 0 Å². The lowest BCUT2D eigenvalue weighted by atomic mass is 10.1. The molecule has 174 valence electrons. The number of ether oxygens (including phenoxy) is 1. The van der Waals surface area contributed by atoms with Gasteiger partial charge in [0.1, 0.15) is 11.8 Å². The van der Waals surface area contributed by atoms with Crippen LogP contribution in [-0.4, -0.2) is 27.5 Å². The highest BCUT2D eigenvalue weighted by atomic mass is 32.2.